The predicted molar refractivity (Wildman–Crippen MR) is 68.0 cm³/mol. The van der Waals surface area contributed by atoms with Crippen LogP contribution >= 0.6 is 11.3 Å². The van der Waals surface area contributed by atoms with Gasteiger partial charge in [0.15, 0.2) is 5.69 Å². The Labute approximate surface area is 103 Å². The summed E-state index contributed by atoms with van der Waals surface area (Å²) >= 11 is 1.60. The van der Waals surface area contributed by atoms with Gasteiger partial charge in [-0.1, -0.05) is 12.1 Å². The van der Waals surface area contributed by atoms with Gasteiger partial charge >= 0.3 is 0 Å². The number of hydrogen-bond donors (Lipinski definition) is 0. The van der Waals surface area contributed by atoms with Gasteiger partial charge in [0.05, 0.1) is 4.88 Å². The van der Waals surface area contributed by atoms with Crippen molar-refractivity contribution in [2.24, 2.45) is 0 Å². The molecule has 3 aromatic heterocycles. The number of nitriles is 1. The Hall–Kier alpha value is -2.12. The summed E-state index contributed by atoms with van der Waals surface area (Å²) in [5.74, 6) is 0. The zero-order chi connectivity index (χ0) is 11.8. The molecule has 0 bridgehead atoms. The van der Waals surface area contributed by atoms with E-state index >= 15 is 0 Å². The molecule has 0 aliphatic heterocycles. The minimum Gasteiger partial charge on any atom is -0.290 e. The van der Waals surface area contributed by atoms with E-state index < -0.39 is 0 Å². The molecule has 0 fully saturated rings. The average Bonchev–Trinajstić information content (AvgIpc) is 2.94. The van der Waals surface area contributed by atoms with Crippen LogP contribution in [0.3, 0.4) is 0 Å². The molecule has 0 aliphatic carbocycles. The summed E-state index contributed by atoms with van der Waals surface area (Å²) in [7, 11) is 0. The van der Waals surface area contributed by atoms with Crippen LogP contribution in [0.1, 0.15) is 11.3 Å². The quantitative estimate of drug-likeness (QED) is 0.654. The van der Waals surface area contributed by atoms with E-state index in [9.17, 15) is 5.26 Å². The Morgan fingerprint density at radius 3 is 2.94 bits per heavy atom. The summed E-state index contributed by atoms with van der Waals surface area (Å²) < 4.78 is 1.85. The molecule has 0 atom stereocenters. The summed E-state index contributed by atoms with van der Waals surface area (Å²) in [6.07, 6.45) is 1.94. The fourth-order valence-electron chi connectivity index (χ4n) is 1.84. The fourth-order valence-corrected chi connectivity index (χ4v) is 2.56. The third-order valence-electron chi connectivity index (χ3n) is 2.63. The lowest BCUT2D eigenvalue weighted by Crippen LogP contribution is -1.89. The first-order valence-electron chi connectivity index (χ1n) is 5.22. The van der Waals surface area contributed by atoms with Gasteiger partial charge in [-0.2, -0.15) is 5.26 Å². The van der Waals surface area contributed by atoms with Crippen LogP contribution in [-0.2, 0) is 0 Å². The zero-order valence-corrected chi connectivity index (χ0v) is 10.0. The third kappa shape index (κ3) is 1.52. The molecule has 4 heteroatoms. The van der Waals surface area contributed by atoms with Gasteiger partial charge in [-0.25, -0.2) is 4.98 Å². The molecule has 0 amide bonds. The van der Waals surface area contributed by atoms with Crippen LogP contribution in [0, 0.1) is 18.3 Å². The van der Waals surface area contributed by atoms with E-state index in [0.29, 0.717) is 5.69 Å². The van der Waals surface area contributed by atoms with E-state index in [1.54, 1.807) is 11.3 Å². The smallest absolute Gasteiger partial charge is 0.153 e. The number of hydrogen-bond acceptors (Lipinski definition) is 3. The number of rotatable bonds is 1. The van der Waals surface area contributed by atoms with Crippen molar-refractivity contribution in [2.75, 3.05) is 0 Å². The first-order chi connectivity index (χ1) is 8.29. The maximum Gasteiger partial charge on any atom is 0.153 e. The maximum atomic E-state index is 9.29. The normalized spacial score (nSPS) is 10.6. The Kier molecular flexibility index (Phi) is 2.20. The number of aromatic nitrogens is 2. The van der Waals surface area contributed by atoms with Gasteiger partial charge in [0, 0.05) is 6.20 Å². The Bertz CT molecular complexity index is 717. The number of thiophene rings is 1. The summed E-state index contributed by atoms with van der Waals surface area (Å²) in [5, 5.41) is 11.3. The highest BCUT2D eigenvalue weighted by Crippen LogP contribution is 2.27. The molecular weight excluding hydrogens is 230 g/mol. The van der Waals surface area contributed by atoms with Crippen LogP contribution in [0.25, 0.3) is 16.2 Å². The second-order valence-corrected chi connectivity index (χ2v) is 4.78. The lowest BCUT2D eigenvalue weighted by Gasteiger charge is -1.96. The van der Waals surface area contributed by atoms with Gasteiger partial charge in [0.2, 0.25) is 0 Å². The standard InChI is InChI=1S/C13H9N3S/c1-9-4-5-12-15-13(11-3-2-6-17-11)10(7-14)16(12)8-9/h2-6,8H,1H3. The average molecular weight is 239 g/mol. The molecule has 0 aliphatic rings. The number of pyridine rings is 1. The van der Waals surface area contributed by atoms with Crippen molar-refractivity contribution in [3.63, 3.8) is 0 Å². The van der Waals surface area contributed by atoms with Crippen LogP contribution in [0.4, 0.5) is 0 Å². The molecule has 0 spiro atoms. The molecule has 0 aromatic carbocycles. The van der Waals surface area contributed by atoms with Crippen molar-refractivity contribution in [2.45, 2.75) is 6.92 Å². The van der Waals surface area contributed by atoms with Gasteiger partial charge in [-0.15, -0.1) is 11.3 Å². The number of fused-ring (bicyclic) bond motifs is 1. The van der Waals surface area contributed by atoms with Crippen molar-refractivity contribution in [3.8, 4) is 16.6 Å². The van der Waals surface area contributed by atoms with E-state index in [1.165, 1.54) is 0 Å². The van der Waals surface area contributed by atoms with Gasteiger partial charge in [0.1, 0.15) is 17.4 Å². The molecule has 3 heterocycles. The zero-order valence-electron chi connectivity index (χ0n) is 9.21. The van der Waals surface area contributed by atoms with Gasteiger partial charge < -0.3 is 0 Å². The highest BCUT2D eigenvalue weighted by Gasteiger charge is 2.14. The van der Waals surface area contributed by atoms with Crippen LogP contribution in [0.2, 0.25) is 0 Å². The summed E-state index contributed by atoms with van der Waals surface area (Å²) in [6, 6.07) is 10.1. The minimum absolute atomic E-state index is 0.603. The fraction of sp³-hybridized carbons (Fsp3) is 0.0769. The molecule has 3 rings (SSSR count). The predicted octanol–water partition coefficient (Wildman–Crippen LogP) is 3.24. The number of aryl methyl sites for hydroxylation is 1. The van der Waals surface area contributed by atoms with Crippen LogP contribution < -0.4 is 0 Å². The molecule has 0 unspecified atom stereocenters. The summed E-state index contributed by atoms with van der Waals surface area (Å²) in [4.78, 5) is 5.55. The van der Waals surface area contributed by atoms with Crippen molar-refractivity contribution >= 4 is 17.0 Å². The third-order valence-corrected chi connectivity index (χ3v) is 3.50. The van der Waals surface area contributed by atoms with Gasteiger partial charge in [0.25, 0.3) is 0 Å². The summed E-state index contributed by atoms with van der Waals surface area (Å²) in [6.45, 7) is 2.01. The molecule has 3 nitrogen and oxygen atoms in total. The molecule has 0 saturated heterocycles. The van der Waals surface area contributed by atoms with E-state index in [0.717, 1.165) is 21.8 Å². The van der Waals surface area contributed by atoms with E-state index in [-0.39, 0.29) is 0 Å². The molecule has 0 saturated carbocycles. The lowest BCUT2D eigenvalue weighted by atomic mass is 10.3. The van der Waals surface area contributed by atoms with Crippen molar-refractivity contribution in [1.29, 1.82) is 5.26 Å². The van der Waals surface area contributed by atoms with Crippen molar-refractivity contribution in [3.05, 3.63) is 47.1 Å². The van der Waals surface area contributed by atoms with Crippen molar-refractivity contribution in [1.82, 2.24) is 9.38 Å². The lowest BCUT2D eigenvalue weighted by molar-refractivity contribution is 1.13. The van der Waals surface area contributed by atoms with Gasteiger partial charge in [-0.3, -0.25) is 4.40 Å². The van der Waals surface area contributed by atoms with Crippen LogP contribution in [0.15, 0.2) is 35.8 Å². The number of nitrogens with zero attached hydrogens (tertiary/aromatic N) is 3. The first-order valence-corrected chi connectivity index (χ1v) is 6.10. The van der Waals surface area contributed by atoms with E-state index in [2.05, 4.69) is 11.1 Å². The van der Waals surface area contributed by atoms with Crippen molar-refractivity contribution < 1.29 is 0 Å². The highest BCUT2D eigenvalue weighted by atomic mass is 32.1. The van der Waals surface area contributed by atoms with Crippen LogP contribution in [-0.4, -0.2) is 9.38 Å². The molecule has 82 valence electrons. The Morgan fingerprint density at radius 2 is 2.24 bits per heavy atom. The second-order valence-electron chi connectivity index (χ2n) is 3.83. The van der Waals surface area contributed by atoms with E-state index in [4.69, 9.17) is 0 Å². The second kappa shape index (κ2) is 3.72. The molecule has 3 aromatic rings. The molecular formula is C13H9N3S. The minimum atomic E-state index is 0.603. The van der Waals surface area contributed by atoms with Gasteiger partial charge in [-0.05, 0) is 30.0 Å². The largest absolute Gasteiger partial charge is 0.290 e. The first kappa shape index (κ1) is 10.1. The molecule has 17 heavy (non-hydrogen) atoms. The topological polar surface area (TPSA) is 41.1 Å². The Morgan fingerprint density at radius 1 is 1.35 bits per heavy atom. The highest BCUT2D eigenvalue weighted by molar-refractivity contribution is 7.13. The monoisotopic (exact) mass is 239 g/mol. The van der Waals surface area contributed by atoms with E-state index in [1.807, 2.05) is 47.2 Å². The SMILES string of the molecule is Cc1ccc2nc(-c3cccs3)c(C#N)n2c1. The summed E-state index contributed by atoms with van der Waals surface area (Å²) in [5.41, 5.74) is 3.30. The molecule has 0 radical (unpaired) electrons. The molecule has 0 N–H and O–H groups in total. The Balaban J connectivity index is 2.37. The maximum absolute atomic E-state index is 9.29. The number of imidazole rings is 1. The van der Waals surface area contributed by atoms with Crippen LogP contribution in [0.5, 0.6) is 0 Å².